The largest absolute Gasteiger partial charge is 0.198 e. The maximum absolute atomic E-state index is 8.20. The quantitative estimate of drug-likeness (QED) is 0.419. The fourth-order valence-corrected chi connectivity index (χ4v) is 1.05. The van der Waals surface area contributed by atoms with E-state index in [9.17, 15) is 0 Å². The molecule has 1 nitrogen and oxygen atoms in total. The monoisotopic (exact) mass is 237 g/mol. The second kappa shape index (κ2) is 6.34. The first-order valence-electron chi connectivity index (χ1n) is 3.24. The highest BCUT2D eigenvalue weighted by Crippen LogP contribution is 2.09. The molecule has 0 aliphatic carbocycles. The zero-order valence-corrected chi connectivity index (χ0v) is 7.89. The van der Waals surface area contributed by atoms with E-state index in [4.69, 9.17) is 5.26 Å². The van der Waals surface area contributed by atoms with E-state index in [1.807, 2.05) is 0 Å². The normalized spacial score (nSPS) is 12.6. The summed E-state index contributed by atoms with van der Waals surface area (Å²) < 4.78 is 1.21. The Morgan fingerprint density at radius 1 is 1.67 bits per heavy atom. The smallest absolute Gasteiger partial charge is 0.0621 e. The predicted octanol–water partition coefficient (Wildman–Crippen LogP) is 2.75. The Hall–Kier alpha value is 0.220. The van der Waals surface area contributed by atoms with Gasteiger partial charge in [-0.1, -0.05) is 29.5 Å². The summed E-state index contributed by atoms with van der Waals surface area (Å²) in [5.41, 5.74) is 0. The third-order valence-corrected chi connectivity index (χ3v) is 2.75. The molecule has 0 aliphatic rings. The molecular formula is C7H12IN. The van der Waals surface area contributed by atoms with Crippen LogP contribution in [-0.4, -0.2) is 4.43 Å². The average Bonchev–Trinajstić information content (AvgIpc) is 1.89. The molecule has 0 fully saturated rings. The number of nitrogens with zero attached hydrogens (tertiary/aromatic N) is 1. The van der Waals surface area contributed by atoms with Crippen molar-refractivity contribution in [3.05, 3.63) is 0 Å². The Labute approximate surface area is 70.6 Å². The van der Waals surface area contributed by atoms with Crippen LogP contribution in [-0.2, 0) is 0 Å². The number of hydrogen-bond donors (Lipinski definition) is 0. The molecule has 52 valence electrons. The Morgan fingerprint density at radius 3 is 2.78 bits per heavy atom. The van der Waals surface area contributed by atoms with Gasteiger partial charge >= 0.3 is 0 Å². The SMILES string of the molecule is CC(CI)CCCC#N. The van der Waals surface area contributed by atoms with Gasteiger partial charge in [0.25, 0.3) is 0 Å². The minimum absolute atomic E-state index is 0.723. The first kappa shape index (κ1) is 9.22. The van der Waals surface area contributed by atoms with Gasteiger partial charge in [0.1, 0.15) is 0 Å². The van der Waals surface area contributed by atoms with Crippen molar-refractivity contribution in [3.63, 3.8) is 0 Å². The van der Waals surface area contributed by atoms with E-state index in [1.54, 1.807) is 0 Å². The Morgan fingerprint density at radius 2 is 2.33 bits per heavy atom. The zero-order valence-electron chi connectivity index (χ0n) is 5.73. The van der Waals surface area contributed by atoms with Gasteiger partial charge in [-0.05, 0) is 18.8 Å². The molecule has 0 aromatic rings. The topological polar surface area (TPSA) is 23.8 Å². The molecule has 0 saturated heterocycles. The summed E-state index contributed by atoms with van der Waals surface area (Å²) in [5.74, 6) is 0.791. The average molecular weight is 237 g/mol. The van der Waals surface area contributed by atoms with E-state index in [1.165, 1.54) is 10.8 Å². The Balaban J connectivity index is 2.99. The Kier molecular flexibility index (Phi) is 6.50. The lowest BCUT2D eigenvalue weighted by Crippen LogP contribution is -1.93. The van der Waals surface area contributed by atoms with Gasteiger partial charge in [0.2, 0.25) is 0 Å². The first-order valence-corrected chi connectivity index (χ1v) is 4.76. The summed E-state index contributed by atoms with van der Waals surface area (Å²) in [6, 6.07) is 2.14. The minimum Gasteiger partial charge on any atom is -0.198 e. The van der Waals surface area contributed by atoms with Crippen molar-refractivity contribution < 1.29 is 0 Å². The molecule has 0 rings (SSSR count). The molecule has 1 atom stereocenters. The summed E-state index contributed by atoms with van der Waals surface area (Å²) in [4.78, 5) is 0. The van der Waals surface area contributed by atoms with Crippen LogP contribution >= 0.6 is 22.6 Å². The lowest BCUT2D eigenvalue weighted by molar-refractivity contribution is 0.577. The summed E-state index contributed by atoms with van der Waals surface area (Å²) in [5, 5.41) is 8.20. The Bertz CT molecular complexity index is 95.6. The van der Waals surface area contributed by atoms with Crippen LogP contribution in [0.4, 0.5) is 0 Å². The lowest BCUT2D eigenvalue weighted by atomic mass is 10.1. The van der Waals surface area contributed by atoms with Crippen molar-refractivity contribution in [2.45, 2.75) is 26.2 Å². The van der Waals surface area contributed by atoms with Crippen LogP contribution in [0, 0.1) is 17.2 Å². The van der Waals surface area contributed by atoms with Gasteiger partial charge in [-0.2, -0.15) is 5.26 Å². The number of alkyl halides is 1. The van der Waals surface area contributed by atoms with Gasteiger partial charge in [-0.15, -0.1) is 0 Å². The van der Waals surface area contributed by atoms with Gasteiger partial charge in [-0.3, -0.25) is 0 Å². The van der Waals surface area contributed by atoms with E-state index in [0.717, 1.165) is 18.8 Å². The molecule has 0 heterocycles. The van der Waals surface area contributed by atoms with Crippen molar-refractivity contribution in [2.24, 2.45) is 5.92 Å². The molecule has 0 radical (unpaired) electrons. The fourth-order valence-electron chi connectivity index (χ4n) is 0.607. The van der Waals surface area contributed by atoms with Crippen LogP contribution in [0.3, 0.4) is 0 Å². The van der Waals surface area contributed by atoms with E-state index in [-0.39, 0.29) is 0 Å². The van der Waals surface area contributed by atoms with Crippen LogP contribution in [0.5, 0.6) is 0 Å². The minimum atomic E-state index is 0.723. The van der Waals surface area contributed by atoms with Crippen LogP contribution in [0.2, 0.25) is 0 Å². The molecule has 9 heavy (non-hydrogen) atoms. The molecule has 1 unspecified atom stereocenters. The van der Waals surface area contributed by atoms with Crippen molar-refractivity contribution in [1.82, 2.24) is 0 Å². The van der Waals surface area contributed by atoms with Crippen molar-refractivity contribution in [3.8, 4) is 6.07 Å². The molecule has 2 heteroatoms. The number of nitriles is 1. The third kappa shape index (κ3) is 6.10. The first-order chi connectivity index (χ1) is 4.31. The molecule has 0 saturated carbocycles. The van der Waals surface area contributed by atoms with Crippen LogP contribution in [0.25, 0.3) is 0 Å². The van der Waals surface area contributed by atoms with Gasteiger partial charge < -0.3 is 0 Å². The maximum atomic E-state index is 8.20. The predicted molar refractivity (Wildman–Crippen MR) is 47.5 cm³/mol. The molecule has 0 aromatic carbocycles. The molecule has 0 spiro atoms. The zero-order chi connectivity index (χ0) is 7.11. The number of halogens is 1. The van der Waals surface area contributed by atoms with Crippen molar-refractivity contribution in [2.75, 3.05) is 4.43 Å². The van der Waals surface area contributed by atoms with Gasteiger partial charge in [0.15, 0.2) is 0 Å². The second-order valence-corrected chi connectivity index (χ2v) is 3.19. The van der Waals surface area contributed by atoms with E-state index in [2.05, 4.69) is 35.6 Å². The van der Waals surface area contributed by atoms with Crippen molar-refractivity contribution in [1.29, 1.82) is 5.26 Å². The van der Waals surface area contributed by atoms with Crippen LogP contribution in [0.1, 0.15) is 26.2 Å². The standard InChI is InChI=1S/C7H12IN/c1-7(6-8)4-2-3-5-9/h7H,2-4,6H2,1H3. The highest BCUT2D eigenvalue weighted by Gasteiger charge is 1.97. The van der Waals surface area contributed by atoms with E-state index in [0.29, 0.717) is 0 Å². The van der Waals surface area contributed by atoms with Crippen LogP contribution in [0.15, 0.2) is 0 Å². The summed E-state index contributed by atoms with van der Waals surface area (Å²) in [6.07, 6.45) is 3.00. The van der Waals surface area contributed by atoms with E-state index < -0.39 is 0 Å². The molecular weight excluding hydrogens is 225 g/mol. The van der Waals surface area contributed by atoms with Gasteiger partial charge in [0.05, 0.1) is 6.07 Å². The lowest BCUT2D eigenvalue weighted by Gasteiger charge is -2.02. The maximum Gasteiger partial charge on any atom is 0.0621 e. The number of rotatable bonds is 4. The second-order valence-electron chi connectivity index (χ2n) is 2.31. The van der Waals surface area contributed by atoms with Gasteiger partial charge in [-0.25, -0.2) is 0 Å². The summed E-state index contributed by atoms with van der Waals surface area (Å²) in [6.45, 7) is 2.23. The molecule has 0 aromatic heterocycles. The number of hydrogen-bond acceptors (Lipinski definition) is 1. The van der Waals surface area contributed by atoms with Gasteiger partial charge in [0, 0.05) is 10.8 Å². The number of unbranched alkanes of at least 4 members (excludes halogenated alkanes) is 1. The van der Waals surface area contributed by atoms with E-state index >= 15 is 0 Å². The molecule has 0 N–H and O–H groups in total. The summed E-state index contributed by atoms with van der Waals surface area (Å²) >= 11 is 2.38. The highest BCUT2D eigenvalue weighted by atomic mass is 127. The highest BCUT2D eigenvalue weighted by molar-refractivity contribution is 14.1. The summed E-state index contributed by atoms with van der Waals surface area (Å²) in [7, 11) is 0. The fraction of sp³-hybridized carbons (Fsp3) is 0.857. The molecule has 0 amide bonds. The van der Waals surface area contributed by atoms with Crippen molar-refractivity contribution >= 4 is 22.6 Å². The van der Waals surface area contributed by atoms with Crippen LogP contribution < -0.4 is 0 Å². The molecule has 0 aliphatic heterocycles. The third-order valence-electron chi connectivity index (χ3n) is 1.25. The molecule has 0 bridgehead atoms.